The average molecular weight is 219 g/mol. The third-order valence-corrected chi connectivity index (χ3v) is 2.06. The van der Waals surface area contributed by atoms with Gasteiger partial charge < -0.3 is 10.1 Å². The number of fused-ring (bicyclic) bond motifs is 1. The van der Waals surface area contributed by atoms with Gasteiger partial charge in [0.25, 0.3) is 5.56 Å². The number of carboxylic acid groups (broad SMARTS) is 1. The first-order valence-electron chi connectivity index (χ1n) is 4.21. The monoisotopic (exact) mass is 219 g/mol. The van der Waals surface area contributed by atoms with Crippen molar-refractivity contribution < 1.29 is 9.90 Å². The number of hydrogen-bond donors (Lipinski definition) is 2. The Hall–Kier alpha value is -2.57. The maximum atomic E-state index is 11.4. The Morgan fingerprint density at radius 1 is 1.44 bits per heavy atom. The molecular weight excluding hydrogens is 214 g/mol. The van der Waals surface area contributed by atoms with Gasteiger partial charge >= 0.3 is 5.97 Å². The van der Waals surface area contributed by atoms with E-state index < -0.39 is 11.5 Å². The zero-order chi connectivity index (χ0) is 11.7. The fourth-order valence-electron chi connectivity index (χ4n) is 1.38. The van der Waals surface area contributed by atoms with E-state index >= 15 is 0 Å². The molecule has 16 heavy (non-hydrogen) atoms. The molecule has 7 nitrogen and oxygen atoms in total. The highest BCUT2D eigenvalue weighted by Crippen LogP contribution is 2.21. The molecule has 0 amide bonds. The Bertz CT molecular complexity index is 647. The Balaban J connectivity index is 2.98. The van der Waals surface area contributed by atoms with Crippen molar-refractivity contribution in [2.45, 2.75) is 0 Å². The van der Waals surface area contributed by atoms with Crippen LogP contribution in [0.25, 0.3) is 10.9 Å². The van der Waals surface area contributed by atoms with Gasteiger partial charge in [-0.15, -0.1) is 4.91 Å². The molecule has 0 fully saturated rings. The van der Waals surface area contributed by atoms with Crippen LogP contribution in [0.2, 0.25) is 0 Å². The Morgan fingerprint density at radius 2 is 2.19 bits per heavy atom. The fourth-order valence-corrected chi connectivity index (χ4v) is 1.38. The number of carbonyl (C=O) groups is 1. The molecule has 1 heterocycles. The van der Waals surface area contributed by atoms with Gasteiger partial charge in [0.2, 0.25) is 0 Å². The normalized spacial score (nSPS) is 10.2. The zero-order valence-corrected chi connectivity index (χ0v) is 7.80. The molecule has 2 rings (SSSR count). The Kier molecular flexibility index (Phi) is 2.20. The number of carboxylic acids is 1. The van der Waals surface area contributed by atoms with Gasteiger partial charge in [-0.05, 0) is 17.3 Å². The number of H-pyrrole nitrogens is 1. The van der Waals surface area contributed by atoms with Gasteiger partial charge in [0.15, 0.2) is 0 Å². The van der Waals surface area contributed by atoms with Crippen LogP contribution >= 0.6 is 0 Å². The molecule has 2 N–H and O–H groups in total. The summed E-state index contributed by atoms with van der Waals surface area (Å²) < 4.78 is 0. The summed E-state index contributed by atoms with van der Waals surface area (Å²) in [6.45, 7) is 0. The van der Waals surface area contributed by atoms with E-state index in [9.17, 15) is 14.5 Å². The number of aromatic carboxylic acids is 1. The number of aromatic nitrogens is 2. The summed E-state index contributed by atoms with van der Waals surface area (Å²) in [5.41, 5.74) is -0.830. The van der Waals surface area contributed by atoms with E-state index in [4.69, 9.17) is 5.11 Å². The molecule has 80 valence electrons. The van der Waals surface area contributed by atoms with E-state index in [0.717, 1.165) is 12.4 Å². The first-order valence-corrected chi connectivity index (χ1v) is 4.21. The first-order chi connectivity index (χ1) is 7.63. The van der Waals surface area contributed by atoms with Gasteiger partial charge in [-0.2, -0.15) is 0 Å². The first kappa shape index (κ1) is 9.97. The van der Waals surface area contributed by atoms with E-state index in [0.29, 0.717) is 0 Å². The van der Waals surface area contributed by atoms with Crippen molar-refractivity contribution in [1.82, 2.24) is 9.97 Å². The molecule has 0 saturated carbocycles. The number of benzene rings is 1. The minimum absolute atomic E-state index is 0.0250. The molecule has 0 aliphatic carbocycles. The lowest BCUT2D eigenvalue weighted by atomic mass is 10.1. The van der Waals surface area contributed by atoms with Crippen LogP contribution in [0.1, 0.15) is 10.4 Å². The predicted molar refractivity (Wildman–Crippen MR) is 54.8 cm³/mol. The molecule has 0 aliphatic heterocycles. The van der Waals surface area contributed by atoms with Gasteiger partial charge in [-0.3, -0.25) is 4.79 Å². The number of rotatable bonds is 2. The van der Waals surface area contributed by atoms with E-state index in [1.807, 2.05) is 0 Å². The summed E-state index contributed by atoms with van der Waals surface area (Å²) in [6.07, 6.45) is 1.10. The van der Waals surface area contributed by atoms with Crippen LogP contribution in [0.4, 0.5) is 5.69 Å². The topological polar surface area (TPSA) is 112 Å². The van der Waals surface area contributed by atoms with Crippen LogP contribution in [0.3, 0.4) is 0 Å². The van der Waals surface area contributed by atoms with Crippen molar-refractivity contribution in [1.29, 1.82) is 0 Å². The third-order valence-electron chi connectivity index (χ3n) is 2.06. The highest BCUT2D eigenvalue weighted by atomic mass is 16.4. The van der Waals surface area contributed by atoms with Gasteiger partial charge in [0, 0.05) is 0 Å². The highest BCUT2D eigenvalue weighted by Gasteiger charge is 2.13. The number of nitrogens with one attached hydrogen (secondary N) is 1. The summed E-state index contributed by atoms with van der Waals surface area (Å²) in [4.78, 5) is 38.7. The number of nitrogens with zero attached hydrogens (tertiary/aromatic N) is 2. The fraction of sp³-hybridized carbons (Fsp3) is 0. The van der Waals surface area contributed by atoms with E-state index in [-0.39, 0.29) is 22.2 Å². The van der Waals surface area contributed by atoms with Crippen molar-refractivity contribution in [2.75, 3.05) is 0 Å². The van der Waals surface area contributed by atoms with Gasteiger partial charge in [-0.1, -0.05) is 0 Å². The molecule has 0 radical (unpaired) electrons. The lowest BCUT2D eigenvalue weighted by Gasteiger charge is -2.00. The summed E-state index contributed by atoms with van der Waals surface area (Å²) in [6, 6.07) is 2.27. The van der Waals surface area contributed by atoms with Crippen LogP contribution in [0.15, 0.2) is 28.4 Å². The molecule has 0 unspecified atom stereocenters. The number of nitroso groups, excluding NO2 is 1. The maximum absolute atomic E-state index is 11.4. The van der Waals surface area contributed by atoms with Crippen LogP contribution in [0, 0.1) is 4.91 Å². The van der Waals surface area contributed by atoms with Crippen molar-refractivity contribution in [3.8, 4) is 0 Å². The summed E-state index contributed by atoms with van der Waals surface area (Å²) in [7, 11) is 0. The minimum Gasteiger partial charge on any atom is -0.478 e. The largest absolute Gasteiger partial charge is 0.478 e. The highest BCUT2D eigenvalue weighted by molar-refractivity contribution is 6.02. The minimum atomic E-state index is -1.27. The second-order valence-electron chi connectivity index (χ2n) is 3.02. The van der Waals surface area contributed by atoms with Crippen molar-refractivity contribution in [3.63, 3.8) is 0 Å². The zero-order valence-electron chi connectivity index (χ0n) is 7.80. The molecule has 7 heteroatoms. The number of hydrogen-bond acceptors (Lipinski definition) is 5. The Labute approximate surface area is 87.7 Å². The molecule has 0 saturated heterocycles. The SMILES string of the molecule is O=Nc1cc(C(=O)O)c2nc[nH]c(=O)c2c1. The van der Waals surface area contributed by atoms with E-state index in [1.54, 1.807) is 0 Å². The lowest BCUT2D eigenvalue weighted by molar-refractivity contribution is 0.0699. The van der Waals surface area contributed by atoms with Gasteiger partial charge in [0.05, 0.1) is 22.8 Å². The van der Waals surface area contributed by atoms with E-state index in [2.05, 4.69) is 15.1 Å². The third kappa shape index (κ3) is 1.44. The molecular formula is C9H5N3O4. The van der Waals surface area contributed by atoms with E-state index in [1.165, 1.54) is 6.07 Å². The van der Waals surface area contributed by atoms with Crippen LogP contribution < -0.4 is 5.56 Å². The molecule has 0 atom stereocenters. The summed E-state index contributed by atoms with van der Waals surface area (Å²) in [5.74, 6) is -1.27. The van der Waals surface area contributed by atoms with Crippen molar-refractivity contribution in [3.05, 3.63) is 39.3 Å². The second kappa shape index (κ2) is 3.54. The van der Waals surface area contributed by atoms with Gasteiger partial charge in [0.1, 0.15) is 5.69 Å². The summed E-state index contributed by atoms with van der Waals surface area (Å²) >= 11 is 0. The molecule has 1 aromatic carbocycles. The molecule has 0 spiro atoms. The van der Waals surface area contributed by atoms with Crippen LogP contribution in [-0.2, 0) is 0 Å². The number of aromatic amines is 1. The van der Waals surface area contributed by atoms with Gasteiger partial charge in [-0.25, -0.2) is 9.78 Å². The second-order valence-corrected chi connectivity index (χ2v) is 3.02. The molecule has 0 aliphatic rings. The quantitative estimate of drug-likeness (QED) is 0.732. The lowest BCUT2D eigenvalue weighted by Crippen LogP contribution is -2.09. The maximum Gasteiger partial charge on any atom is 0.338 e. The average Bonchev–Trinajstić information content (AvgIpc) is 2.28. The predicted octanol–water partition coefficient (Wildman–Crippen LogP) is 1.02. The molecule has 0 bridgehead atoms. The molecule has 2 aromatic rings. The van der Waals surface area contributed by atoms with Crippen molar-refractivity contribution >= 4 is 22.6 Å². The summed E-state index contributed by atoms with van der Waals surface area (Å²) in [5, 5.41) is 11.5. The molecule has 1 aromatic heterocycles. The van der Waals surface area contributed by atoms with Crippen LogP contribution in [-0.4, -0.2) is 21.0 Å². The van der Waals surface area contributed by atoms with Crippen LogP contribution in [0.5, 0.6) is 0 Å². The standard InChI is InChI=1S/C9H5N3O4/c13-8-5-1-4(12-16)2-6(9(14)15)7(5)10-3-11-8/h1-3H,(H,14,15)(H,10,11,13). The smallest absolute Gasteiger partial charge is 0.338 e. The Morgan fingerprint density at radius 3 is 2.81 bits per heavy atom. The van der Waals surface area contributed by atoms with Crippen molar-refractivity contribution in [2.24, 2.45) is 5.18 Å².